The zero-order valence-electron chi connectivity index (χ0n) is 17.2. The molecule has 3 heterocycles. The molecule has 5 rings (SSSR count). The minimum atomic E-state index is -0.859. The number of anilines is 1. The van der Waals surface area contributed by atoms with Gasteiger partial charge in [0, 0.05) is 26.2 Å². The number of hydrogen-bond acceptors (Lipinski definition) is 6. The Morgan fingerprint density at radius 2 is 1.62 bits per heavy atom. The van der Waals surface area contributed by atoms with Gasteiger partial charge in [-0.05, 0) is 31.2 Å². The molecule has 0 spiro atoms. The first-order valence-electron chi connectivity index (χ1n) is 10.1. The normalized spacial score (nSPS) is 14.2. The Hall–Kier alpha value is -3.95. The van der Waals surface area contributed by atoms with Crippen LogP contribution in [0.1, 0.15) is 15.9 Å². The fraction of sp³-hybridized carbons (Fsp3) is 0.227. The van der Waals surface area contributed by atoms with Crippen LogP contribution in [0.15, 0.2) is 48.8 Å². The molecule has 1 aliphatic heterocycles. The lowest BCUT2D eigenvalue weighted by Crippen LogP contribution is -2.49. The van der Waals surface area contributed by atoms with Crippen LogP contribution in [0.5, 0.6) is 0 Å². The van der Waals surface area contributed by atoms with Gasteiger partial charge in [-0.2, -0.15) is 4.68 Å². The maximum absolute atomic E-state index is 14.0. The van der Waals surface area contributed by atoms with E-state index in [9.17, 15) is 13.6 Å². The van der Waals surface area contributed by atoms with Crippen molar-refractivity contribution in [2.45, 2.75) is 6.92 Å². The van der Waals surface area contributed by atoms with Crippen molar-refractivity contribution in [1.82, 2.24) is 29.9 Å². The monoisotopic (exact) mass is 435 g/mol. The Morgan fingerprint density at radius 3 is 2.31 bits per heavy atom. The zero-order chi connectivity index (χ0) is 22.2. The third-order valence-corrected chi connectivity index (χ3v) is 5.54. The maximum Gasteiger partial charge on any atom is 0.259 e. The van der Waals surface area contributed by atoms with Crippen LogP contribution < -0.4 is 4.90 Å². The molecule has 0 aliphatic carbocycles. The minimum Gasteiger partial charge on any atom is -0.351 e. The molecule has 0 N–H and O–H groups in total. The third kappa shape index (κ3) is 3.43. The van der Waals surface area contributed by atoms with E-state index in [1.54, 1.807) is 4.68 Å². The van der Waals surface area contributed by atoms with Gasteiger partial charge in [-0.1, -0.05) is 29.0 Å². The number of rotatable bonds is 3. The number of carbonyl (C=O) groups excluding carboxylic acids is 1. The largest absolute Gasteiger partial charge is 0.351 e. The molecule has 1 amide bonds. The van der Waals surface area contributed by atoms with Gasteiger partial charge in [0.15, 0.2) is 17.0 Å². The van der Waals surface area contributed by atoms with Gasteiger partial charge in [-0.25, -0.2) is 18.7 Å². The smallest absolute Gasteiger partial charge is 0.259 e. The molecule has 1 saturated heterocycles. The molecule has 1 aliphatic rings. The van der Waals surface area contributed by atoms with E-state index in [0.717, 1.165) is 23.4 Å². The van der Waals surface area contributed by atoms with Crippen molar-refractivity contribution in [2.75, 3.05) is 31.1 Å². The first-order chi connectivity index (χ1) is 15.5. The molecule has 0 bridgehead atoms. The van der Waals surface area contributed by atoms with E-state index in [4.69, 9.17) is 0 Å². The maximum atomic E-state index is 14.0. The SMILES string of the molecule is Cc1ccc(-n2nnc3c(N4CCN(C(=O)c5c(F)cccc5F)CC4)ncnc32)cc1. The summed E-state index contributed by atoms with van der Waals surface area (Å²) < 4.78 is 29.7. The molecule has 8 nitrogen and oxygen atoms in total. The number of aryl methyl sites for hydroxylation is 1. The van der Waals surface area contributed by atoms with E-state index in [1.807, 2.05) is 36.1 Å². The molecule has 10 heteroatoms. The van der Waals surface area contributed by atoms with Gasteiger partial charge in [0.2, 0.25) is 0 Å². The lowest BCUT2D eigenvalue weighted by Gasteiger charge is -2.35. The van der Waals surface area contributed by atoms with Crippen LogP contribution in [-0.2, 0) is 0 Å². The second kappa shape index (κ2) is 7.95. The number of fused-ring (bicyclic) bond motifs is 1. The fourth-order valence-corrected chi connectivity index (χ4v) is 3.81. The number of carbonyl (C=O) groups is 1. The summed E-state index contributed by atoms with van der Waals surface area (Å²) in [5, 5.41) is 8.53. The highest BCUT2D eigenvalue weighted by Gasteiger charge is 2.28. The summed E-state index contributed by atoms with van der Waals surface area (Å²) in [6, 6.07) is 11.3. The third-order valence-electron chi connectivity index (χ3n) is 5.54. The van der Waals surface area contributed by atoms with Crippen LogP contribution >= 0.6 is 0 Å². The molecule has 4 aromatic rings. The Kier molecular flexibility index (Phi) is 4.96. The van der Waals surface area contributed by atoms with Crippen molar-refractivity contribution in [2.24, 2.45) is 0 Å². The topological polar surface area (TPSA) is 80.0 Å². The summed E-state index contributed by atoms with van der Waals surface area (Å²) in [6.07, 6.45) is 1.46. The van der Waals surface area contributed by atoms with E-state index < -0.39 is 23.1 Å². The molecule has 0 atom stereocenters. The van der Waals surface area contributed by atoms with Gasteiger partial charge in [0.25, 0.3) is 5.91 Å². The number of nitrogens with zero attached hydrogens (tertiary/aromatic N) is 7. The number of halogens is 2. The average molecular weight is 435 g/mol. The molecule has 0 saturated carbocycles. The predicted molar refractivity (Wildman–Crippen MR) is 114 cm³/mol. The van der Waals surface area contributed by atoms with Crippen LogP contribution in [0.3, 0.4) is 0 Å². The molecule has 32 heavy (non-hydrogen) atoms. The Morgan fingerprint density at radius 1 is 0.938 bits per heavy atom. The standard InChI is InChI=1S/C22H19F2N7O/c1-14-5-7-15(8-6-14)31-21-19(27-28-31)20(25-13-26-21)29-9-11-30(12-10-29)22(32)18-16(23)3-2-4-17(18)24/h2-8,13H,9-12H2,1H3. The highest BCUT2D eigenvalue weighted by Crippen LogP contribution is 2.24. The van der Waals surface area contributed by atoms with Gasteiger partial charge >= 0.3 is 0 Å². The summed E-state index contributed by atoms with van der Waals surface area (Å²) in [4.78, 5) is 24.8. The second-order valence-electron chi connectivity index (χ2n) is 7.58. The fourth-order valence-electron chi connectivity index (χ4n) is 3.81. The van der Waals surface area contributed by atoms with Gasteiger partial charge in [0.1, 0.15) is 23.5 Å². The van der Waals surface area contributed by atoms with E-state index in [1.165, 1.54) is 17.3 Å². The summed E-state index contributed by atoms with van der Waals surface area (Å²) >= 11 is 0. The Bertz CT molecular complexity index is 1280. The van der Waals surface area contributed by atoms with Crippen LogP contribution in [0.4, 0.5) is 14.6 Å². The van der Waals surface area contributed by atoms with Gasteiger partial charge < -0.3 is 9.80 Å². The summed E-state index contributed by atoms with van der Waals surface area (Å²) in [6.45, 7) is 3.47. The molecule has 2 aromatic carbocycles. The van der Waals surface area contributed by atoms with E-state index in [0.29, 0.717) is 43.2 Å². The number of amides is 1. The van der Waals surface area contributed by atoms with Crippen LogP contribution in [0, 0.1) is 18.6 Å². The quantitative estimate of drug-likeness (QED) is 0.492. The van der Waals surface area contributed by atoms with Crippen molar-refractivity contribution < 1.29 is 13.6 Å². The highest BCUT2D eigenvalue weighted by atomic mass is 19.1. The summed E-state index contributed by atoms with van der Waals surface area (Å²) in [5.74, 6) is -1.76. The van der Waals surface area contributed by atoms with Crippen LogP contribution in [-0.4, -0.2) is 61.9 Å². The number of piperazine rings is 1. The van der Waals surface area contributed by atoms with E-state index in [-0.39, 0.29) is 0 Å². The van der Waals surface area contributed by atoms with Crippen molar-refractivity contribution in [1.29, 1.82) is 0 Å². The van der Waals surface area contributed by atoms with Gasteiger partial charge in [-0.3, -0.25) is 4.79 Å². The average Bonchev–Trinajstić information content (AvgIpc) is 3.24. The van der Waals surface area contributed by atoms with Crippen molar-refractivity contribution in [3.63, 3.8) is 0 Å². The zero-order valence-corrected chi connectivity index (χ0v) is 17.2. The number of benzene rings is 2. The lowest BCUT2D eigenvalue weighted by molar-refractivity contribution is 0.0736. The van der Waals surface area contributed by atoms with Gasteiger partial charge in [-0.15, -0.1) is 5.10 Å². The molecule has 1 fully saturated rings. The molecule has 2 aromatic heterocycles. The van der Waals surface area contributed by atoms with Crippen LogP contribution in [0.25, 0.3) is 16.9 Å². The lowest BCUT2D eigenvalue weighted by atomic mass is 10.1. The van der Waals surface area contributed by atoms with Crippen LogP contribution in [0.2, 0.25) is 0 Å². The molecule has 162 valence electrons. The molecule has 0 unspecified atom stereocenters. The highest BCUT2D eigenvalue weighted by molar-refractivity contribution is 5.95. The molecular weight excluding hydrogens is 416 g/mol. The van der Waals surface area contributed by atoms with Crippen molar-refractivity contribution in [3.05, 3.63) is 71.6 Å². The first-order valence-corrected chi connectivity index (χ1v) is 10.1. The Labute approximate surface area is 182 Å². The van der Waals surface area contributed by atoms with E-state index >= 15 is 0 Å². The first kappa shape index (κ1) is 20.0. The van der Waals surface area contributed by atoms with Crippen molar-refractivity contribution in [3.8, 4) is 5.69 Å². The number of aromatic nitrogens is 5. The molecular formula is C22H19F2N7O. The summed E-state index contributed by atoms with van der Waals surface area (Å²) in [5.41, 5.74) is 2.58. The van der Waals surface area contributed by atoms with Gasteiger partial charge in [0.05, 0.1) is 5.69 Å². The summed E-state index contributed by atoms with van der Waals surface area (Å²) in [7, 11) is 0. The number of hydrogen-bond donors (Lipinski definition) is 0. The Balaban J connectivity index is 1.37. The predicted octanol–water partition coefficient (Wildman–Crippen LogP) is 2.76. The second-order valence-corrected chi connectivity index (χ2v) is 7.58. The van der Waals surface area contributed by atoms with E-state index in [2.05, 4.69) is 20.3 Å². The minimum absolute atomic E-state index is 0.296. The molecule has 0 radical (unpaired) electrons. The van der Waals surface area contributed by atoms with Crippen molar-refractivity contribution >= 4 is 22.9 Å².